The highest BCUT2D eigenvalue weighted by atomic mass is 19.1. The van der Waals surface area contributed by atoms with Crippen LogP contribution in [-0.4, -0.2) is 67.0 Å². The predicted molar refractivity (Wildman–Crippen MR) is 187 cm³/mol. The van der Waals surface area contributed by atoms with Crippen LogP contribution in [0.2, 0.25) is 0 Å². The standard InChI is InChI=1S/C39H37FN4O7/c1-47-29-11-6-25(7-12-29)23-44-36-31(22-42-44)34(27-14-16-39(17-15-27)50-18-19-51-39)43-35(33(36)38(46)49-3)26-8-4-24(5-9-26)21-41-37(45)30-20-28(40)10-13-32(30)48-2/h4-14,20,22H,15-19,21,23H2,1-3H3,(H,41,45). The fourth-order valence-corrected chi connectivity index (χ4v) is 6.63. The summed E-state index contributed by atoms with van der Waals surface area (Å²) in [7, 11) is 4.39. The number of methoxy groups -OCH3 is 3. The van der Waals surface area contributed by atoms with Gasteiger partial charge >= 0.3 is 5.97 Å². The van der Waals surface area contributed by atoms with E-state index in [1.165, 1.54) is 26.4 Å². The Morgan fingerprint density at radius 1 is 0.941 bits per heavy atom. The summed E-state index contributed by atoms with van der Waals surface area (Å²) in [5.74, 6) is -1.15. The Bertz CT molecular complexity index is 2120. The van der Waals surface area contributed by atoms with Gasteiger partial charge in [-0.05, 0) is 53.5 Å². The summed E-state index contributed by atoms with van der Waals surface area (Å²) in [5, 5.41) is 8.31. The van der Waals surface area contributed by atoms with Crippen molar-refractivity contribution >= 4 is 28.4 Å². The van der Waals surface area contributed by atoms with Gasteiger partial charge in [-0.2, -0.15) is 5.10 Å². The molecule has 3 aromatic carbocycles. The third-order valence-electron chi connectivity index (χ3n) is 9.31. The monoisotopic (exact) mass is 692 g/mol. The molecule has 1 spiro atoms. The van der Waals surface area contributed by atoms with Crippen LogP contribution in [0.3, 0.4) is 0 Å². The second kappa shape index (κ2) is 14.3. The number of hydrogen-bond acceptors (Lipinski definition) is 9. The van der Waals surface area contributed by atoms with Crippen molar-refractivity contribution in [2.24, 2.45) is 0 Å². The number of carbonyl (C=O) groups is 2. The summed E-state index contributed by atoms with van der Waals surface area (Å²) in [4.78, 5) is 31.7. The van der Waals surface area contributed by atoms with E-state index in [-0.39, 0.29) is 23.4 Å². The lowest BCUT2D eigenvalue weighted by Crippen LogP contribution is -2.31. The first kappa shape index (κ1) is 33.9. The van der Waals surface area contributed by atoms with Crippen LogP contribution in [-0.2, 0) is 27.3 Å². The van der Waals surface area contributed by atoms with E-state index in [1.807, 2.05) is 48.5 Å². The zero-order chi connectivity index (χ0) is 35.5. The van der Waals surface area contributed by atoms with E-state index in [0.717, 1.165) is 39.6 Å². The highest BCUT2D eigenvalue weighted by Crippen LogP contribution is 2.41. The number of nitrogens with one attached hydrogen (secondary N) is 1. The van der Waals surface area contributed by atoms with E-state index < -0.39 is 23.5 Å². The third-order valence-corrected chi connectivity index (χ3v) is 9.31. The predicted octanol–water partition coefficient (Wildman–Crippen LogP) is 6.33. The van der Waals surface area contributed by atoms with Gasteiger partial charge in [0.2, 0.25) is 0 Å². The smallest absolute Gasteiger partial charge is 0.342 e. The molecule has 1 aliphatic heterocycles. The van der Waals surface area contributed by atoms with Crippen LogP contribution in [0, 0.1) is 5.82 Å². The van der Waals surface area contributed by atoms with Gasteiger partial charge in [-0.15, -0.1) is 0 Å². The van der Waals surface area contributed by atoms with Crippen LogP contribution in [0.4, 0.5) is 4.39 Å². The number of pyridine rings is 1. The molecule has 11 nitrogen and oxygen atoms in total. The first-order valence-corrected chi connectivity index (χ1v) is 16.6. The number of hydrogen-bond donors (Lipinski definition) is 1. The Morgan fingerprint density at radius 3 is 2.35 bits per heavy atom. The number of allylic oxidation sites excluding steroid dienone is 1. The topological polar surface area (TPSA) is 123 Å². The van der Waals surface area contributed by atoms with Crippen LogP contribution >= 0.6 is 0 Å². The molecule has 1 aliphatic carbocycles. The summed E-state index contributed by atoms with van der Waals surface area (Å²) in [6.45, 7) is 1.70. The van der Waals surface area contributed by atoms with E-state index in [0.29, 0.717) is 55.8 Å². The number of fused-ring (bicyclic) bond motifs is 1. The fraction of sp³-hybridized carbons (Fsp3) is 0.282. The molecule has 1 amide bonds. The molecule has 2 aromatic heterocycles. The van der Waals surface area contributed by atoms with Crippen LogP contribution in [0.5, 0.6) is 11.5 Å². The normalized spacial score (nSPS) is 15.1. The molecule has 0 radical (unpaired) electrons. The van der Waals surface area contributed by atoms with Gasteiger partial charge in [0.15, 0.2) is 5.79 Å². The number of nitrogens with zero attached hydrogens (tertiary/aromatic N) is 3. The molecule has 1 saturated heterocycles. The lowest BCUT2D eigenvalue weighted by atomic mass is 9.90. The van der Waals surface area contributed by atoms with Gasteiger partial charge in [0.25, 0.3) is 5.91 Å². The van der Waals surface area contributed by atoms with Crippen LogP contribution < -0.4 is 14.8 Å². The molecule has 2 aliphatic rings. The van der Waals surface area contributed by atoms with Gasteiger partial charge in [0, 0.05) is 30.3 Å². The van der Waals surface area contributed by atoms with E-state index in [9.17, 15) is 14.0 Å². The zero-order valence-corrected chi connectivity index (χ0v) is 28.5. The van der Waals surface area contributed by atoms with E-state index >= 15 is 0 Å². The van der Waals surface area contributed by atoms with Crippen LogP contribution in [0.15, 0.2) is 79.0 Å². The first-order valence-electron chi connectivity index (χ1n) is 16.6. The van der Waals surface area contributed by atoms with Crippen molar-refractivity contribution in [3.05, 3.63) is 113 Å². The Hall–Kier alpha value is -5.59. The second-order valence-electron chi connectivity index (χ2n) is 12.4. The molecule has 12 heteroatoms. The highest BCUT2D eigenvalue weighted by Gasteiger charge is 2.38. The van der Waals surface area contributed by atoms with Crippen molar-refractivity contribution in [1.29, 1.82) is 0 Å². The second-order valence-corrected chi connectivity index (χ2v) is 12.4. The van der Waals surface area contributed by atoms with Gasteiger partial charge in [-0.3, -0.25) is 9.48 Å². The van der Waals surface area contributed by atoms with Gasteiger partial charge in [-0.1, -0.05) is 42.5 Å². The molecule has 5 aromatic rings. The maximum absolute atomic E-state index is 13.9. The number of ether oxygens (including phenoxy) is 5. The minimum Gasteiger partial charge on any atom is -0.497 e. The maximum Gasteiger partial charge on any atom is 0.342 e. The number of aromatic nitrogens is 3. The Morgan fingerprint density at radius 2 is 1.69 bits per heavy atom. The minimum atomic E-state index is -0.610. The lowest BCUT2D eigenvalue weighted by Gasteiger charge is -2.30. The SMILES string of the molecule is COC(=O)c1c(-c2ccc(CNC(=O)c3cc(F)ccc3OC)cc2)nc(C2=CCC3(CC2)OCCO3)c2cnn(Cc3ccc(OC)cc3)c12. The van der Waals surface area contributed by atoms with Gasteiger partial charge < -0.3 is 29.0 Å². The Labute approximate surface area is 293 Å². The molecule has 0 bridgehead atoms. The molecule has 3 heterocycles. The van der Waals surface area contributed by atoms with Crippen molar-refractivity contribution in [2.45, 2.75) is 38.1 Å². The van der Waals surface area contributed by atoms with Gasteiger partial charge in [0.05, 0.1) is 69.8 Å². The van der Waals surface area contributed by atoms with Gasteiger partial charge in [-0.25, -0.2) is 14.2 Å². The third kappa shape index (κ3) is 6.80. The first-order chi connectivity index (χ1) is 24.8. The number of halogens is 1. The number of carbonyl (C=O) groups excluding carboxylic acids is 2. The lowest BCUT2D eigenvalue weighted by molar-refractivity contribution is -0.159. The summed E-state index contributed by atoms with van der Waals surface area (Å²) >= 11 is 0. The quantitative estimate of drug-likeness (QED) is 0.167. The summed E-state index contributed by atoms with van der Waals surface area (Å²) in [6.07, 6.45) is 5.79. The van der Waals surface area contributed by atoms with Crippen molar-refractivity contribution < 1.29 is 37.7 Å². The zero-order valence-electron chi connectivity index (χ0n) is 28.5. The van der Waals surface area contributed by atoms with Crippen molar-refractivity contribution in [3.8, 4) is 22.8 Å². The fourth-order valence-electron chi connectivity index (χ4n) is 6.63. The number of esters is 1. The average molecular weight is 693 g/mol. The average Bonchev–Trinajstić information content (AvgIpc) is 3.81. The molecular weight excluding hydrogens is 655 g/mol. The van der Waals surface area contributed by atoms with E-state index in [2.05, 4.69) is 11.4 Å². The molecule has 0 saturated carbocycles. The van der Waals surface area contributed by atoms with Crippen molar-refractivity contribution in [2.75, 3.05) is 34.5 Å². The van der Waals surface area contributed by atoms with Crippen molar-refractivity contribution in [3.63, 3.8) is 0 Å². The van der Waals surface area contributed by atoms with E-state index in [4.69, 9.17) is 33.8 Å². The summed E-state index contributed by atoms with van der Waals surface area (Å²) < 4.78 is 43.5. The maximum atomic E-state index is 13.9. The number of benzene rings is 3. The molecule has 0 atom stereocenters. The molecule has 0 unspecified atom stereocenters. The molecule has 7 rings (SSSR count). The number of rotatable bonds is 10. The van der Waals surface area contributed by atoms with Gasteiger partial charge in [0.1, 0.15) is 22.9 Å². The Balaban J connectivity index is 1.27. The molecule has 51 heavy (non-hydrogen) atoms. The van der Waals surface area contributed by atoms with Crippen molar-refractivity contribution in [1.82, 2.24) is 20.1 Å². The largest absolute Gasteiger partial charge is 0.497 e. The molecule has 1 fully saturated rings. The summed E-state index contributed by atoms with van der Waals surface area (Å²) in [5.41, 5.74) is 5.59. The summed E-state index contributed by atoms with van der Waals surface area (Å²) in [6, 6.07) is 18.9. The molecular formula is C39H37FN4O7. The Kier molecular flexibility index (Phi) is 9.52. The molecule has 262 valence electrons. The van der Waals surface area contributed by atoms with Crippen LogP contribution in [0.1, 0.15) is 56.8 Å². The molecule has 1 N–H and O–H groups in total. The van der Waals surface area contributed by atoms with E-state index in [1.54, 1.807) is 18.0 Å². The highest BCUT2D eigenvalue weighted by molar-refractivity contribution is 6.10. The minimum absolute atomic E-state index is 0.0992. The number of amides is 1. The van der Waals surface area contributed by atoms with Crippen LogP contribution in [0.25, 0.3) is 27.7 Å².